The lowest BCUT2D eigenvalue weighted by Crippen LogP contribution is -2.21. The molecule has 84 valence electrons. The summed E-state index contributed by atoms with van der Waals surface area (Å²) in [6.07, 6.45) is 7.97. The van der Waals surface area contributed by atoms with E-state index in [0.29, 0.717) is 5.92 Å². The molecule has 1 fully saturated rings. The molecule has 2 atom stereocenters. The number of aliphatic hydroxyl groups excluding tert-OH is 1. The number of thioether (sulfide) groups is 1. The van der Waals surface area contributed by atoms with Crippen LogP contribution in [0.4, 0.5) is 0 Å². The zero-order valence-corrected chi connectivity index (χ0v) is 10.4. The van der Waals surface area contributed by atoms with E-state index in [1.807, 2.05) is 11.8 Å². The molecule has 0 heterocycles. The Hall–Kier alpha value is 0.310. The molecule has 0 amide bonds. The van der Waals surface area contributed by atoms with Crippen LogP contribution in [0.25, 0.3) is 0 Å². The van der Waals surface area contributed by atoms with Crippen molar-refractivity contribution in [3.8, 4) is 0 Å². The highest BCUT2D eigenvalue weighted by Crippen LogP contribution is 2.29. The number of hydrogen-bond donors (Lipinski definition) is 1. The van der Waals surface area contributed by atoms with Gasteiger partial charge >= 0.3 is 0 Å². The summed E-state index contributed by atoms with van der Waals surface area (Å²) in [6.45, 7) is 4.30. The van der Waals surface area contributed by atoms with Crippen LogP contribution >= 0.6 is 11.8 Å². The average molecular weight is 216 g/mol. The molecular weight excluding hydrogens is 192 g/mol. The molecule has 0 saturated heterocycles. The predicted octanol–water partition coefficient (Wildman–Crippen LogP) is 3.46. The van der Waals surface area contributed by atoms with Crippen molar-refractivity contribution in [1.82, 2.24) is 0 Å². The molecule has 0 spiro atoms. The molecule has 0 aliphatic heterocycles. The van der Waals surface area contributed by atoms with E-state index in [1.54, 1.807) is 0 Å². The van der Waals surface area contributed by atoms with Gasteiger partial charge < -0.3 is 5.11 Å². The Morgan fingerprint density at radius 3 is 2.50 bits per heavy atom. The molecule has 1 rings (SSSR count). The van der Waals surface area contributed by atoms with Crippen molar-refractivity contribution < 1.29 is 5.11 Å². The Labute approximate surface area is 92.7 Å². The van der Waals surface area contributed by atoms with Crippen molar-refractivity contribution in [1.29, 1.82) is 0 Å². The van der Waals surface area contributed by atoms with Crippen LogP contribution in [-0.4, -0.2) is 22.2 Å². The molecule has 1 aliphatic carbocycles. The number of hydrogen-bond acceptors (Lipinski definition) is 2. The largest absolute Gasteiger partial charge is 0.392 e. The third-order valence-electron chi connectivity index (χ3n) is 3.36. The van der Waals surface area contributed by atoms with Gasteiger partial charge in [0.2, 0.25) is 0 Å². The van der Waals surface area contributed by atoms with Crippen LogP contribution < -0.4 is 0 Å². The molecule has 0 aromatic rings. The van der Waals surface area contributed by atoms with Gasteiger partial charge in [-0.05, 0) is 18.8 Å². The molecule has 0 aromatic carbocycles. The standard InChI is InChI=1S/C12H24OS/c1-3-10(2)12(13)9-14-11-7-5-4-6-8-11/h10-13H,3-9H2,1-2H3. The molecular formula is C12H24OS. The third kappa shape index (κ3) is 4.22. The Morgan fingerprint density at radius 2 is 1.93 bits per heavy atom. The zero-order valence-electron chi connectivity index (χ0n) is 9.54. The van der Waals surface area contributed by atoms with Crippen molar-refractivity contribution in [3.63, 3.8) is 0 Å². The van der Waals surface area contributed by atoms with E-state index in [9.17, 15) is 5.11 Å². The van der Waals surface area contributed by atoms with Crippen LogP contribution in [0.5, 0.6) is 0 Å². The molecule has 0 bridgehead atoms. The van der Waals surface area contributed by atoms with Crippen molar-refractivity contribution >= 4 is 11.8 Å². The fraction of sp³-hybridized carbons (Fsp3) is 1.00. The normalized spacial score (nSPS) is 23.4. The van der Waals surface area contributed by atoms with Gasteiger partial charge in [-0.2, -0.15) is 11.8 Å². The van der Waals surface area contributed by atoms with E-state index in [1.165, 1.54) is 32.1 Å². The third-order valence-corrected chi connectivity index (χ3v) is 4.83. The Kier molecular flexibility index (Phi) is 5.95. The number of aliphatic hydroxyl groups is 1. The summed E-state index contributed by atoms with van der Waals surface area (Å²) >= 11 is 2.00. The van der Waals surface area contributed by atoms with Crippen molar-refractivity contribution in [2.75, 3.05) is 5.75 Å². The fourth-order valence-electron chi connectivity index (χ4n) is 1.90. The molecule has 2 heteroatoms. The summed E-state index contributed by atoms with van der Waals surface area (Å²) in [5, 5.41) is 10.7. The highest BCUT2D eigenvalue weighted by molar-refractivity contribution is 7.99. The molecule has 0 aromatic heterocycles. The van der Waals surface area contributed by atoms with Crippen LogP contribution in [0.3, 0.4) is 0 Å². The monoisotopic (exact) mass is 216 g/mol. The Bertz CT molecular complexity index is 141. The Balaban J connectivity index is 2.12. The molecule has 1 aliphatic rings. The van der Waals surface area contributed by atoms with E-state index >= 15 is 0 Å². The maximum atomic E-state index is 9.83. The lowest BCUT2D eigenvalue weighted by molar-refractivity contribution is 0.137. The first-order chi connectivity index (χ1) is 6.74. The van der Waals surface area contributed by atoms with E-state index in [-0.39, 0.29) is 6.10 Å². The van der Waals surface area contributed by atoms with Gasteiger partial charge in [0.1, 0.15) is 0 Å². The molecule has 2 unspecified atom stereocenters. The minimum Gasteiger partial charge on any atom is -0.392 e. The first-order valence-electron chi connectivity index (χ1n) is 6.03. The summed E-state index contributed by atoms with van der Waals surface area (Å²) in [4.78, 5) is 0. The van der Waals surface area contributed by atoms with E-state index < -0.39 is 0 Å². The summed E-state index contributed by atoms with van der Waals surface area (Å²) in [6, 6.07) is 0. The van der Waals surface area contributed by atoms with Gasteiger partial charge in [-0.3, -0.25) is 0 Å². The number of rotatable bonds is 5. The zero-order chi connectivity index (χ0) is 10.4. The van der Waals surface area contributed by atoms with E-state index in [4.69, 9.17) is 0 Å². The fourth-order valence-corrected chi connectivity index (χ4v) is 3.37. The van der Waals surface area contributed by atoms with Crippen LogP contribution in [0.2, 0.25) is 0 Å². The van der Waals surface area contributed by atoms with E-state index in [2.05, 4.69) is 13.8 Å². The maximum absolute atomic E-state index is 9.83. The van der Waals surface area contributed by atoms with Gasteiger partial charge in [0.05, 0.1) is 6.10 Å². The lowest BCUT2D eigenvalue weighted by atomic mass is 10.0. The predicted molar refractivity (Wildman–Crippen MR) is 64.8 cm³/mol. The summed E-state index contributed by atoms with van der Waals surface area (Å²) in [5.74, 6) is 1.41. The SMILES string of the molecule is CCC(C)C(O)CSC1CCCCC1. The molecule has 1 saturated carbocycles. The van der Waals surface area contributed by atoms with Crippen molar-refractivity contribution in [3.05, 3.63) is 0 Å². The van der Waals surface area contributed by atoms with Gasteiger partial charge in [-0.15, -0.1) is 0 Å². The first kappa shape index (κ1) is 12.4. The average Bonchev–Trinajstić information content (AvgIpc) is 2.26. The van der Waals surface area contributed by atoms with Crippen LogP contribution in [-0.2, 0) is 0 Å². The lowest BCUT2D eigenvalue weighted by Gasteiger charge is -2.24. The minimum absolute atomic E-state index is 0.0908. The quantitative estimate of drug-likeness (QED) is 0.759. The maximum Gasteiger partial charge on any atom is 0.0656 e. The van der Waals surface area contributed by atoms with Gasteiger partial charge in [-0.1, -0.05) is 39.5 Å². The second kappa shape index (κ2) is 6.73. The molecule has 0 radical (unpaired) electrons. The summed E-state index contributed by atoms with van der Waals surface area (Å²) in [7, 11) is 0. The minimum atomic E-state index is -0.0908. The highest BCUT2D eigenvalue weighted by atomic mass is 32.2. The van der Waals surface area contributed by atoms with Gasteiger partial charge in [0, 0.05) is 11.0 Å². The molecule has 1 N–H and O–H groups in total. The first-order valence-corrected chi connectivity index (χ1v) is 7.08. The smallest absolute Gasteiger partial charge is 0.0656 e. The van der Waals surface area contributed by atoms with Crippen LogP contribution in [0, 0.1) is 5.92 Å². The van der Waals surface area contributed by atoms with Crippen molar-refractivity contribution in [2.24, 2.45) is 5.92 Å². The van der Waals surface area contributed by atoms with Crippen LogP contribution in [0.15, 0.2) is 0 Å². The second-order valence-electron chi connectivity index (χ2n) is 4.55. The summed E-state index contributed by atoms with van der Waals surface area (Å²) in [5.41, 5.74) is 0. The van der Waals surface area contributed by atoms with Gasteiger partial charge in [0.15, 0.2) is 0 Å². The molecule has 14 heavy (non-hydrogen) atoms. The topological polar surface area (TPSA) is 20.2 Å². The van der Waals surface area contributed by atoms with Crippen molar-refractivity contribution in [2.45, 2.75) is 63.7 Å². The van der Waals surface area contributed by atoms with Crippen LogP contribution in [0.1, 0.15) is 52.4 Å². The van der Waals surface area contributed by atoms with Gasteiger partial charge in [0.25, 0.3) is 0 Å². The molecule has 1 nitrogen and oxygen atoms in total. The van der Waals surface area contributed by atoms with E-state index in [0.717, 1.165) is 17.4 Å². The second-order valence-corrected chi connectivity index (χ2v) is 5.88. The Morgan fingerprint density at radius 1 is 1.29 bits per heavy atom. The van der Waals surface area contributed by atoms with Gasteiger partial charge in [-0.25, -0.2) is 0 Å². The summed E-state index contributed by atoms with van der Waals surface area (Å²) < 4.78 is 0. The highest BCUT2D eigenvalue weighted by Gasteiger charge is 2.17.